The number of halogens is 2. The van der Waals surface area contributed by atoms with Gasteiger partial charge in [-0.25, -0.2) is 4.39 Å². The van der Waals surface area contributed by atoms with Crippen LogP contribution in [0.4, 0.5) is 4.39 Å². The Morgan fingerprint density at radius 1 is 1.10 bits per heavy atom. The van der Waals surface area contributed by atoms with Crippen LogP contribution in [-0.2, 0) is 5.88 Å². The maximum Gasteiger partial charge on any atom is 0.134 e. The molecule has 0 spiro atoms. The van der Waals surface area contributed by atoms with E-state index in [1.165, 1.54) is 6.07 Å². The van der Waals surface area contributed by atoms with E-state index in [1.807, 2.05) is 30.3 Å². The number of alkyl halides is 1. The van der Waals surface area contributed by atoms with E-state index in [4.69, 9.17) is 16.3 Å². The van der Waals surface area contributed by atoms with Crippen LogP contribution in [0.25, 0.3) is 10.9 Å². The van der Waals surface area contributed by atoms with Gasteiger partial charge in [-0.2, -0.15) is 0 Å². The third kappa shape index (κ3) is 2.45. The van der Waals surface area contributed by atoms with E-state index in [2.05, 4.69) is 4.98 Å². The second-order valence-electron chi connectivity index (χ2n) is 4.31. The molecular formula is C16H11ClFNO. The normalized spacial score (nSPS) is 10.7. The van der Waals surface area contributed by atoms with Crippen LogP contribution in [0.2, 0.25) is 0 Å². The lowest BCUT2D eigenvalue weighted by Crippen LogP contribution is -1.93. The molecule has 1 aromatic heterocycles. The number of rotatable bonds is 3. The fraction of sp³-hybridized carbons (Fsp3) is 0.0625. The summed E-state index contributed by atoms with van der Waals surface area (Å²) >= 11 is 5.77. The number of benzene rings is 2. The van der Waals surface area contributed by atoms with Crippen molar-refractivity contribution in [3.63, 3.8) is 0 Å². The molecule has 0 unspecified atom stereocenters. The van der Waals surface area contributed by atoms with E-state index >= 15 is 0 Å². The molecule has 20 heavy (non-hydrogen) atoms. The average Bonchev–Trinajstić information content (AvgIpc) is 2.47. The SMILES string of the molecule is Fc1cccc(Oc2ccc3cccnc3c2)c1CCl. The molecule has 3 rings (SSSR count). The van der Waals surface area contributed by atoms with Crippen LogP contribution < -0.4 is 4.74 Å². The van der Waals surface area contributed by atoms with Crippen molar-refractivity contribution < 1.29 is 9.13 Å². The van der Waals surface area contributed by atoms with E-state index in [-0.39, 0.29) is 11.7 Å². The molecule has 0 saturated carbocycles. The maximum absolute atomic E-state index is 13.6. The molecule has 0 fully saturated rings. The summed E-state index contributed by atoms with van der Waals surface area (Å²) in [5.41, 5.74) is 1.18. The van der Waals surface area contributed by atoms with Crippen LogP contribution in [0, 0.1) is 5.82 Å². The third-order valence-electron chi connectivity index (χ3n) is 3.01. The molecule has 0 N–H and O–H groups in total. The zero-order chi connectivity index (χ0) is 13.9. The minimum Gasteiger partial charge on any atom is -0.457 e. The van der Waals surface area contributed by atoms with Crippen molar-refractivity contribution in [1.29, 1.82) is 0 Å². The Labute approximate surface area is 120 Å². The Hall–Kier alpha value is -2.13. The molecule has 4 heteroatoms. The highest BCUT2D eigenvalue weighted by atomic mass is 35.5. The Morgan fingerprint density at radius 3 is 2.85 bits per heavy atom. The number of pyridine rings is 1. The highest BCUT2D eigenvalue weighted by molar-refractivity contribution is 6.17. The number of aromatic nitrogens is 1. The van der Waals surface area contributed by atoms with Crippen molar-refractivity contribution >= 4 is 22.5 Å². The van der Waals surface area contributed by atoms with Crippen molar-refractivity contribution in [2.45, 2.75) is 5.88 Å². The van der Waals surface area contributed by atoms with Crippen LogP contribution in [0.15, 0.2) is 54.7 Å². The van der Waals surface area contributed by atoms with E-state index < -0.39 is 0 Å². The fourth-order valence-electron chi connectivity index (χ4n) is 2.00. The standard InChI is InChI=1S/C16H11ClFNO/c17-10-13-14(18)4-1-5-16(13)20-12-7-6-11-3-2-8-19-15(11)9-12/h1-9H,10H2. The fourth-order valence-corrected chi connectivity index (χ4v) is 2.26. The average molecular weight is 288 g/mol. The zero-order valence-corrected chi connectivity index (χ0v) is 11.3. The van der Waals surface area contributed by atoms with Crippen LogP contribution in [0.5, 0.6) is 11.5 Å². The quantitative estimate of drug-likeness (QED) is 0.639. The van der Waals surface area contributed by atoms with Gasteiger partial charge in [-0.1, -0.05) is 12.1 Å². The zero-order valence-electron chi connectivity index (χ0n) is 10.5. The summed E-state index contributed by atoms with van der Waals surface area (Å²) in [5, 5.41) is 1.02. The monoisotopic (exact) mass is 287 g/mol. The number of hydrogen-bond acceptors (Lipinski definition) is 2. The van der Waals surface area contributed by atoms with E-state index in [9.17, 15) is 4.39 Å². The summed E-state index contributed by atoms with van der Waals surface area (Å²) < 4.78 is 19.4. The second-order valence-corrected chi connectivity index (χ2v) is 4.58. The van der Waals surface area contributed by atoms with E-state index in [0.29, 0.717) is 17.1 Å². The Morgan fingerprint density at radius 2 is 2.00 bits per heavy atom. The van der Waals surface area contributed by atoms with Gasteiger partial charge < -0.3 is 4.74 Å². The summed E-state index contributed by atoms with van der Waals surface area (Å²) in [4.78, 5) is 4.26. The molecule has 0 amide bonds. The summed E-state index contributed by atoms with van der Waals surface area (Å²) in [7, 11) is 0. The molecule has 0 aliphatic rings. The lowest BCUT2D eigenvalue weighted by atomic mass is 10.2. The summed E-state index contributed by atoms with van der Waals surface area (Å²) in [6.07, 6.45) is 1.72. The smallest absolute Gasteiger partial charge is 0.134 e. The molecule has 2 nitrogen and oxygen atoms in total. The second kappa shape index (κ2) is 5.47. The van der Waals surface area contributed by atoms with Gasteiger partial charge in [0.05, 0.1) is 11.4 Å². The first-order valence-corrected chi connectivity index (χ1v) is 6.67. The van der Waals surface area contributed by atoms with E-state index in [1.54, 1.807) is 18.3 Å². The van der Waals surface area contributed by atoms with Crippen LogP contribution in [0.1, 0.15) is 5.56 Å². The van der Waals surface area contributed by atoms with Gasteiger partial charge in [0.1, 0.15) is 17.3 Å². The molecule has 2 aromatic carbocycles. The van der Waals surface area contributed by atoms with Gasteiger partial charge in [0, 0.05) is 23.2 Å². The van der Waals surface area contributed by atoms with Gasteiger partial charge in [0.15, 0.2) is 0 Å². The summed E-state index contributed by atoms with van der Waals surface area (Å²) in [5.74, 6) is 0.730. The molecule has 0 bridgehead atoms. The van der Waals surface area contributed by atoms with Crippen LogP contribution in [0.3, 0.4) is 0 Å². The first kappa shape index (κ1) is 12.9. The molecule has 3 aromatic rings. The number of fused-ring (bicyclic) bond motifs is 1. The highest BCUT2D eigenvalue weighted by Gasteiger charge is 2.09. The molecule has 1 heterocycles. The van der Waals surface area contributed by atoms with Gasteiger partial charge in [0.2, 0.25) is 0 Å². The highest BCUT2D eigenvalue weighted by Crippen LogP contribution is 2.29. The minimum atomic E-state index is -0.364. The molecule has 0 radical (unpaired) electrons. The Balaban J connectivity index is 1.99. The van der Waals surface area contributed by atoms with Crippen molar-refractivity contribution in [2.75, 3.05) is 0 Å². The predicted molar refractivity (Wildman–Crippen MR) is 77.8 cm³/mol. The van der Waals surface area contributed by atoms with Gasteiger partial charge >= 0.3 is 0 Å². The summed E-state index contributed by atoms with van der Waals surface area (Å²) in [6, 6.07) is 14.1. The topological polar surface area (TPSA) is 22.1 Å². The van der Waals surface area contributed by atoms with Gasteiger partial charge in [-0.3, -0.25) is 4.98 Å². The van der Waals surface area contributed by atoms with E-state index in [0.717, 1.165) is 10.9 Å². The predicted octanol–water partition coefficient (Wildman–Crippen LogP) is 4.91. The van der Waals surface area contributed by atoms with Gasteiger partial charge in [-0.05, 0) is 30.3 Å². The van der Waals surface area contributed by atoms with Crippen LogP contribution in [-0.4, -0.2) is 4.98 Å². The van der Waals surface area contributed by atoms with Crippen LogP contribution >= 0.6 is 11.6 Å². The summed E-state index contributed by atoms with van der Waals surface area (Å²) in [6.45, 7) is 0. The first-order valence-electron chi connectivity index (χ1n) is 6.14. The lowest BCUT2D eigenvalue weighted by molar-refractivity contribution is 0.471. The number of nitrogens with zero attached hydrogens (tertiary/aromatic N) is 1. The van der Waals surface area contributed by atoms with Gasteiger partial charge in [0.25, 0.3) is 0 Å². The van der Waals surface area contributed by atoms with Crippen molar-refractivity contribution in [1.82, 2.24) is 4.98 Å². The number of ether oxygens (including phenoxy) is 1. The van der Waals surface area contributed by atoms with Crippen molar-refractivity contribution in [3.05, 3.63) is 66.1 Å². The van der Waals surface area contributed by atoms with Crippen molar-refractivity contribution in [2.24, 2.45) is 0 Å². The molecule has 0 aliphatic heterocycles. The van der Waals surface area contributed by atoms with Gasteiger partial charge in [-0.15, -0.1) is 11.6 Å². The minimum absolute atomic E-state index is 0.0633. The molecule has 0 aliphatic carbocycles. The third-order valence-corrected chi connectivity index (χ3v) is 3.28. The maximum atomic E-state index is 13.6. The largest absolute Gasteiger partial charge is 0.457 e. The lowest BCUT2D eigenvalue weighted by Gasteiger charge is -2.10. The first-order chi connectivity index (χ1) is 9.78. The Bertz CT molecular complexity index is 760. The molecular weight excluding hydrogens is 277 g/mol. The molecule has 0 saturated heterocycles. The Kier molecular flexibility index (Phi) is 3.52. The molecule has 0 atom stereocenters. The molecule has 100 valence electrons. The number of hydrogen-bond donors (Lipinski definition) is 0. The van der Waals surface area contributed by atoms with Crippen molar-refractivity contribution in [3.8, 4) is 11.5 Å².